The van der Waals surface area contributed by atoms with Crippen LogP contribution in [0.25, 0.3) is 0 Å². The van der Waals surface area contributed by atoms with E-state index in [4.69, 9.17) is 5.73 Å². The molecule has 1 aromatic carbocycles. The summed E-state index contributed by atoms with van der Waals surface area (Å²) in [5.41, 5.74) is 7.36. The summed E-state index contributed by atoms with van der Waals surface area (Å²) in [5, 5.41) is 0. The van der Waals surface area contributed by atoms with Crippen molar-refractivity contribution in [3.63, 3.8) is 0 Å². The van der Waals surface area contributed by atoms with Crippen molar-refractivity contribution in [1.29, 1.82) is 0 Å². The monoisotopic (exact) mass is 244 g/mol. The van der Waals surface area contributed by atoms with Crippen LogP contribution < -0.4 is 5.73 Å². The third-order valence-corrected chi connectivity index (χ3v) is 4.57. The number of nitrogens with zero attached hydrogens (tertiary/aromatic N) is 1. The lowest BCUT2D eigenvalue weighted by Gasteiger charge is -2.37. The summed E-state index contributed by atoms with van der Waals surface area (Å²) >= 11 is 0. The SMILES string of the molecule is CN(C(=O)C1(c2ccc(N)cc2)CC1)C1CCC1. The van der Waals surface area contributed by atoms with E-state index in [9.17, 15) is 4.79 Å². The first-order chi connectivity index (χ1) is 8.63. The van der Waals surface area contributed by atoms with Crippen LogP contribution in [0.15, 0.2) is 24.3 Å². The predicted octanol–water partition coefficient (Wildman–Crippen LogP) is 2.31. The fourth-order valence-corrected chi connectivity index (χ4v) is 2.83. The van der Waals surface area contributed by atoms with Crippen LogP contribution in [0.3, 0.4) is 0 Å². The number of amides is 1. The lowest BCUT2D eigenvalue weighted by atomic mass is 9.88. The Kier molecular flexibility index (Phi) is 2.58. The molecule has 0 radical (unpaired) electrons. The molecule has 3 nitrogen and oxygen atoms in total. The maximum atomic E-state index is 12.6. The molecule has 1 aromatic rings. The van der Waals surface area contributed by atoms with Gasteiger partial charge in [-0.3, -0.25) is 4.79 Å². The van der Waals surface area contributed by atoms with Crippen molar-refractivity contribution in [3.05, 3.63) is 29.8 Å². The maximum absolute atomic E-state index is 12.6. The summed E-state index contributed by atoms with van der Waals surface area (Å²) in [5.74, 6) is 0.303. The first-order valence-electron chi connectivity index (χ1n) is 6.77. The normalized spacial score (nSPS) is 21.2. The number of likely N-dealkylation sites (N-methyl/N-ethyl adjacent to an activating group) is 1. The zero-order valence-corrected chi connectivity index (χ0v) is 10.9. The highest BCUT2D eigenvalue weighted by Gasteiger charge is 2.53. The average Bonchev–Trinajstić information content (AvgIpc) is 3.08. The summed E-state index contributed by atoms with van der Waals surface area (Å²) in [6.07, 6.45) is 5.55. The molecule has 0 heterocycles. The van der Waals surface area contributed by atoms with Gasteiger partial charge in [-0.05, 0) is 49.8 Å². The van der Waals surface area contributed by atoms with E-state index in [1.807, 2.05) is 36.2 Å². The second-order valence-electron chi connectivity index (χ2n) is 5.70. The van der Waals surface area contributed by atoms with Crippen LogP contribution in [0, 0.1) is 0 Å². The van der Waals surface area contributed by atoms with Crippen LogP contribution in [0.1, 0.15) is 37.7 Å². The number of benzene rings is 1. The Hall–Kier alpha value is -1.51. The average molecular weight is 244 g/mol. The smallest absolute Gasteiger partial charge is 0.233 e. The quantitative estimate of drug-likeness (QED) is 0.829. The zero-order chi connectivity index (χ0) is 12.8. The van der Waals surface area contributed by atoms with Crippen molar-refractivity contribution in [2.75, 3.05) is 12.8 Å². The first kappa shape index (κ1) is 11.6. The van der Waals surface area contributed by atoms with Gasteiger partial charge in [-0.2, -0.15) is 0 Å². The van der Waals surface area contributed by atoms with E-state index in [1.54, 1.807) is 0 Å². The number of anilines is 1. The van der Waals surface area contributed by atoms with Gasteiger partial charge in [-0.25, -0.2) is 0 Å². The van der Waals surface area contributed by atoms with Gasteiger partial charge in [0.15, 0.2) is 0 Å². The highest BCUT2D eigenvalue weighted by atomic mass is 16.2. The van der Waals surface area contributed by atoms with Gasteiger partial charge < -0.3 is 10.6 Å². The number of hydrogen-bond acceptors (Lipinski definition) is 2. The Morgan fingerprint density at radius 1 is 1.28 bits per heavy atom. The molecule has 0 bridgehead atoms. The van der Waals surface area contributed by atoms with Crippen molar-refractivity contribution in [1.82, 2.24) is 4.90 Å². The Balaban J connectivity index is 1.81. The second kappa shape index (κ2) is 4.01. The standard InChI is InChI=1S/C15H20N2O/c1-17(13-3-2-4-13)14(18)15(9-10-15)11-5-7-12(16)8-6-11/h5-8,13H,2-4,9-10,16H2,1H3. The van der Waals surface area contributed by atoms with Crippen LogP contribution in [0.5, 0.6) is 0 Å². The molecule has 2 fully saturated rings. The molecule has 2 aliphatic carbocycles. The van der Waals surface area contributed by atoms with E-state index in [0.29, 0.717) is 11.9 Å². The minimum absolute atomic E-state index is 0.238. The van der Waals surface area contributed by atoms with Crippen LogP contribution in [0.2, 0.25) is 0 Å². The minimum atomic E-state index is -0.238. The number of hydrogen-bond donors (Lipinski definition) is 1. The van der Waals surface area contributed by atoms with Gasteiger partial charge in [0.1, 0.15) is 0 Å². The highest BCUT2D eigenvalue weighted by molar-refractivity contribution is 5.91. The third-order valence-electron chi connectivity index (χ3n) is 4.57. The summed E-state index contributed by atoms with van der Waals surface area (Å²) in [6.45, 7) is 0. The topological polar surface area (TPSA) is 46.3 Å². The molecule has 1 amide bonds. The number of carbonyl (C=O) groups excluding carboxylic acids is 1. The van der Waals surface area contributed by atoms with Gasteiger partial charge in [-0.1, -0.05) is 12.1 Å². The molecule has 0 atom stereocenters. The van der Waals surface area contributed by atoms with Crippen molar-refractivity contribution >= 4 is 11.6 Å². The number of rotatable bonds is 3. The molecule has 2 N–H and O–H groups in total. The molecule has 96 valence electrons. The molecule has 18 heavy (non-hydrogen) atoms. The largest absolute Gasteiger partial charge is 0.399 e. The number of nitrogen functional groups attached to an aromatic ring is 1. The van der Waals surface area contributed by atoms with Crippen LogP contribution >= 0.6 is 0 Å². The minimum Gasteiger partial charge on any atom is -0.399 e. The van der Waals surface area contributed by atoms with Gasteiger partial charge in [-0.15, -0.1) is 0 Å². The lowest BCUT2D eigenvalue weighted by molar-refractivity contribution is -0.136. The molecular formula is C15H20N2O. The van der Waals surface area contributed by atoms with E-state index >= 15 is 0 Å². The molecule has 2 aliphatic rings. The molecule has 3 rings (SSSR count). The maximum Gasteiger partial charge on any atom is 0.233 e. The number of nitrogens with two attached hydrogens (primary N) is 1. The molecule has 3 heteroatoms. The van der Waals surface area contributed by atoms with Crippen molar-refractivity contribution in [2.45, 2.75) is 43.6 Å². The summed E-state index contributed by atoms with van der Waals surface area (Å²) in [6, 6.07) is 8.28. The van der Waals surface area contributed by atoms with E-state index in [2.05, 4.69) is 0 Å². The summed E-state index contributed by atoms with van der Waals surface area (Å²) in [4.78, 5) is 14.6. The zero-order valence-electron chi connectivity index (χ0n) is 10.9. The van der Waals surface area contributed by atoms with Crippen LogP contribution in [-0.2, 0) is 10.2 Å². The first-order valence-corrected chi connectivity index (χ1v) is 6.77. The Labute approximate surface area is 108 Å². The molecule has 0 aliphatic heterocycles. The molecule has 0 aromatic heterocycles. The van der Waals surface area contributed by atoms with Gasteiger partial charge in [0.25, 0.3) is 0 Å². The Morgan fingerprint density at radius 3 is 2.33 bits per heavy atom. The van der Waals surface area contributed by atoms with E-state index in [0.717, 1.165) is 24.1 Å². The van der Waals surface area contributed by atoms with Gasteiger partial charge in [0.05, 0.1) is 5.41 Å². The lowest BCUT2D eigenvalue weighted by Crippen LogP contribution is -2.46. The second-order valence-corrected chi connectivity index (χ2v) is 5.70. The highest BCUT2D eigenvalue weighted by Crippen LogP contribution is 2.50. The Bertz CT molecular complexity index is 458. The van der Waals surface area contributed by atoms with E-state index in [-0.39, 0.29) is 5.41 Å². The van der Waals surface area contributed by atoms with Gasteiger partial charge in [0, 0.05) is 18.8 Å². The number of carbonyl (C=O) groups is 1. The van der Waals surface area contributed by atoms with Crippen molar-refractivity contribution in [3.8, 4) is 0 Å². The van der Waals surface area contributed by atoms with E-state index < -0.39 is 0 Å². The van der Waals surface area contributed by atoms with Crippen LogP contribution in [-0.4, -0.2) is 23.9 Å². The Morgan fingerprint density at radius 2 is 1.89 bits per heavy atom. The molecule has 0 unspecified atom stereocenters. The van der Waals surface area contributed by atoms with E-state index in [1.165, 1.54) is 19.3 Å². The summed E-state index contributed by atoms with van der Waals surface area (Å²) in [7, 11) is 1.96. The predicted molar refractivity (Wildman–Crippen MR) is 72.2 cm³/mol. The van der Waals surface area contributed by atoms with Crippen molar-refractivity contribution < 1.29 is 4.79 Å². The third kappa shape index (κ3) is 1.69. The molecule has 0 saturated heterocycles. The van der Waals surface area contributed by atoms with Crippen LogP contribution in [0.4, 0.5) is 5.69 Å². The molecule has 0 spiro atoms. The van der Waals surface area contributed by atoms with Crippen molar-refractivity contribution in [2.24, 2.45) is 0 Å². The fourth-order valence-electron chi connectivity index (χ4n) is 2.83. The van der Waals surface area contributed by atoms with Gasteiger partial charge in [0.2, 0.25) is 5.91 Å². The fraction of sp³-hybridized carbons (Fsp3) is 0.533. The molecular weight excluding hydrogens is 224 g/mol. The summed E-state index contributed by atoms with van der Waals surface area (Å²) < 4.78 is 0. The van der Waals surface area contributed by atoms with Gasteiger partial charge >= 0.3 is 0 Å². The molecule has 2 saturated carbocycles.